The second kappa shape index (κ2) is 8.29. The molecule has 0 fully saturated rings. The van der Waals surface area contributed by atoms with Gasteiger partial charge in [0.25, 0.3) is 0 Å². The molecule has 3 aromatic rings. The number of aliphatic hydroxyl groups is 1. The van der Waals surface area contributed by atoms with Crippen LogP contribution in [0.15, 0.2) is 66.1 Å². The van der Waals surface area contributed by atoms with E-state index in [9.17, 15) is 18.3 Å². The summed E-state index contributed by atoms with van der Waals surface area (Å²) in [5.74, 6) is -0.0231. The highest BCUT2D eigenvalue weighted by molar-refractivity contribution is 7.99. The van der Waals surface area contributed by atoms with Gasteiger partial charge in [-0.25, -0.2) is 9.37 Å². The predicted octanol–water partition coefficient (Wildman–Crippen LogP) is 4.44. The second-order valence-electron chi connectivity index (χ2n) is 5.33. The average Bonchev–Trinajstić information content (AvgIpc) is 3.08. The SMILES string of the molecule is OC(CSc1nccn1-c1cccc(F)c1)c1ccc(OC(F)F)cc1. The Labute approximate surface area is 152 Å². The van der Waals surface area contributed by atoms with Crippen LogP contribution in [0.5, 0.6) is 5.75 Å². The number of rotatable bonds is 7. The minimum atomic E-state index is -2.89. The molecule has 26 heavy (non-hydrogen) atoms. The van der Waals surface area contributed by atoms with Gasteiger partial charge >= 0.3 is 6.61 Å². The fourth-order valence-corrected chi connectivity index (χ4v) is 3.28. The zero-order chi connectivity index (χ0) is 18.5. The highest BCUT2D eigenvalue weighted by Crippen LogP contribution is 2.27. The maximum Gasteiger partial charge on any atom is 0.387 e. The topological polar surface area (TPSA) is 47.3 Å². The Balaban J connectivity index is 1.65. The molecular formula is C18H15F3N2O2S. The quantitative estimate of drug-likeness (QED) is 0.616. The van der Waals surface area contributed by atoms with Crippen molar-refractivity contribution in [3.05, 3.63) is 72.3 Å². The number of thioether (sulfide) groups is 1. The molecule has 0 saturated heterocycles. The van der Waals surface area contributed by atoms with Crippen LogP contribution in [-0.4, -0.2) is 27.0 Å². The number of hydrogen-bond donors (Lipinski definition) is 1. The van der Waals surface area contributed by atoms with Gasteiger partial charge in [0.1, 0.15) is 11.6 Å². The van der Waals surface area contributed by atoms with E-state index < -0.39 is 12.7 Å². The van der Waals surface area contributed by atoms with Gasteiger partial charge in [0.05, 0.1) is 11.8 Å². The number of ether oxygens (including phenoxy) is 1. The first-order valence-corrected chi connectivity index (χ1v) is 8.66. The molecule has 0 aliphatic rings. The van der Waals surface area contributed by atoms with Crippen LogP contribution in [0.25, 0.3) is 5.69 Å². The maximum atomic E-state index is 13.4. The van der Waals surface area contributed by atoms with Crippen molar-refractivity contribution in [3.63, 3.8) is 0 Å². The number of alkyl halides is 2. The molecule has 0 aliphatic heterocycles. The molecule has 0 aliphatic carbocycles. The number of hydrogen-bond acceptors (Lipinski definition) is 4. The molecule has 0 saturated carbocycles. The Morgan fingerprint density at radius 1 is 1.15 bits per heavy atom. The van der Waals surface area contributed by atoms with E-state index >= 15 is 0 Å². The fraction of sp³-hybridized carbons (Fsp3) is 0.167. The second-order valence-corrected chi connectivity index (χ2v) is 6.32. The number of nitrogens with zero attached hydrogens (tertiary/aromatic N) is 2. The highest BCUT2D eigenvalue weighted by Gasteiger charge is 2.13. The zero-order valence-electron chi connectivity index (χ0n) is 13.4. The van der Waals surface area contributed by atoms with Crippen LogP contribution in [0.1, 0.15) is 11.7 Å². The fourth-order valence-electron chi connectivity index (χ4n) is 2.34. The van der Waals surface area contributed by atoms with Crippen molar-refractivity contribution >= 4 is 11.8 Å². The molecule has 0 amide bonds. The lowest BCUT2D eigenvalue weighted by Gasteiger charge is -2.12. The lowest BCUT2D eigenvalue weighted by molar-refractivity contribution is -0.0498. The molecule has 2 aromatic carbocycles. The molecule has 8 heteroatoms. The third kappa shape index (κ3) is 4.59. The smallest absolute Gasteiger partial charge is 0.387 e. The Morgan fingerprint density at radius 2 is 1.92 bits per heavy atom. The van der Waals surface area contributed by atoms with Gasteiger partial charge in [0.15, 0.2) is 5.16 Å². The minimum absolute atomic E-state index is 0.0326. The summed E-state index contributed by atoms with van der Waals surface area (Å²) >= 11 is 1.30. The molecule has 1 N–H and O–H groups in total. The van der Waals surface area contributed by atoms with Crippen LogP contribution in [0, 0.1) is 5.82 Å². The zero-order valence-corrected chi connectivity index (χ0v) is 14.2. The van der Waals surface area contributed by atoms with Crippen molar-refractivity contribution in [2.45, 2.75) is 17.9 Å². The summed E-state index contributed by atoms with van der Waals surface area (Å²) in [4.78, 5) is 4.22. The molecule has 1 atom stereocenters. The number of aliphatic hydroxyl groups excluding tert-OH is 1. The average molecular weight is 380 g/mol. The largest absolute Gasteiger partial charge is 0.435 e. The third-order valence-corrected chi connectivity index (χ3v) is 4.60. The summed E-state index contributed by atoms with van der Waals surface area (Å²) in [6.45, 7) is -2.89. The molecule has 0 spiro atoms. The summed E-state index contributed by atoms with van der Waals surface area (Å²) < 4.78 is 43.7. The summed E-state index contributed by atoms with van der Waals surface area (Å²) in [5.41, 5.74) is 1.20. The molecule has 1 heterocycles. The first-order chi connectivity index (χ1) is 12.5. The molecule has 136 valence electrons. The van der Waals surface area contributed by atoms with E-state index in [-0.39, 0.29) is 11.6 Å². The molecule has 0 bridgehead atoms. The van der Waals surface area contributed by atoms with E-state index in [0.717, 1.165) is 0 Å². The van der Waals surface area contributed by atoms with E-state index in [1.807, 2.05) is 0 Å². The monoisotopic (exact) mass is 380 g/mol. The molecule has 3 rings (SSSR count). The number of halogens is 3. The lowest BCUT2D eigenvalue weighted by atomic mass is 10.1. The van der Waals surface area contributed by atoms with Crippen molar-refractivity contribution in [2.75, 3.05) is 5.75 Å². The van der Waals surface area contributed by atoms with E-state index in [2.05, 4.69) is 9.72 Å². The Morgan fingerprint density at radius 3 is 2.62 bits per heavy atom. The van der Waals surface area contributed by atoms with Gasteiger partial charge in [-0.2, -0.15) is 8.78 Å². The van der Waals surface area contributed by atoms with Crippen LogP contribution < -0.4 is 4.74 Å². The van der Waals surface area contributed by atoms with Gasteiger partial charge in [-0.3, -0.25) is 4.57 Å². The molecular weight excluding hydrogens is 365 g/mol. The van der Waals surface area contributed by atoms with Crippen molar-refractivity contribution in [1.29, 1.82) is 0 Å². The Kier molecular flexibility index (Phi) is 5.85. The first kappa shape index (κ1) is 18.3. The summed E-state index contributed by atoms with van der Waals surface area (Å²) in [6, 6.07) is 11.9. The van der Waals surface area contributed by atoms with Crippen molar-refractivity contribution < 1.29 is 23.0 Å². The summed E-state index contributed by atoms with van der Waals surface area (Å²) in [7, 11) is 0. The third-order valence-electron chi connectivity index (χ3n) is 3.55. The Bertz CT molecular complexity index is 856. The molecule has 4 nitrogen and oxygen atoms in total. The normalized spacial score (nSPS) is 12.3. The van der Waals surface area contributed by atoms with Gasteiger partial charge in [-0.15, -0.1) is 0 Å². The van der Waals surface area contributed by atoms with E-state index in [4.69, 9.17) is 0 Å². The summed E-state index contributed by atoms with van der Waals surface area (Å²) in [6.07, 6.45) is 2.48. The van der Waals surface area contributed by atoms with Crippen molar-refractivity contribution in [1.82, 2.24) is 9.55 Å². The minimum Gasteiger partial charge on any atom is -0.435 e. The maximum absolute atomic E-state index is 13.4. The number of aromatic nitrogens is 2. The van der Waals surface area contributed by atoms with Gasteiger partial charge < -0.3 is 9.84 Å². The van der Waals surface area contributed by atoms with Crippen molar-refractivity contribution in [3.8, 4) is 11.4 Å². The van der Waals surface area contributed by atoms with Crippen molar-refractivity contribution in [2.24, 2.45) is 0 Å². The Hall–Kier alpha value is -2.45. The molecule has 1 aromatic heterocycles. The van der Waals surface area contributed by atoms with Crippen LogP contribution >= 0.6 is 11.8 Å². The van der Waals surface area contributed by atoms with Crippen LogP contribution in [0.2, 0.25) is 0 Å². The van der Waals surface area contributed by atoms with Gasteiger partial charge in [-0.1, -0.05) is 30.0 Å². The first-order valence-electron chi connectivity index (χ1n) is 7.68. The van der Waals surface area contributed by atoms with Gasteiger partial charge in [-0.05, 0) is 35.9 Å². The van der Waals surface area contributed by atoms with Gasteiger partial charge in [0, 0.05) is 18.1 Å². The molecule has 1 unspecified atom stereocenters. The van der Waals surface area contributed by atoms with Gasteiger partial charge in [0.2, 0.25) is 0 Å². The highest BCUT2D eigenvalue weighted by atomic mass is 32.2. The number of benzene rings is 2. The van der Waals surface area contributed by atoms with E-state index in [1.165, 1.54) is 48.2 Å². The molecule has 0 radical (unpaired) electrons. The van der Waals surface area contributed by atoms with Crippen LogP contribution in [0.4, 0.5) is 13.2 Å². The predicted molar refractivity (Wildman–Crippen MR) is 92.3 cm³/mol. The van der Waals surface area contributed by atoms with Crippen LogP contribution in [0.3, 0.4) is 0 Å². The standard InChI is InChI=1S/C18H15F3N2O2S/c19-13-2-1-3-14(10-13)23-9-8-22-18(23)26-11-16(24)12-4-6-15(7-5-12)25-17(20)21/h1-10,16-17,24H,11H2. The van der Waals surface area contributed by atoms with E-state index in [1.54, 1.807) is 29.1 Å². The van der Waals surface area contributed by atoms with E-state index in [0.29, 0.717) is 22.2 Å². The van der Waals surface area contributed by atoms with Crippen LogP contribution in [-0.2, 0) is 0 Å². The summed E-state index contributed by atoms with van der Waals surface area (Å²) in [5, 5.41) is 10.9. The lowest BCUT2D eigenvalue weighted by Crippen LogP contribution is -2.04. The number of imidazole rings is 1.